The topological polar surface area (TPSA) is 67.1 Å². The van der Waals surface area contributed by atoms with E-state index in [0.29, 0.717) is 64.1 Å². The fourth-order valence-corrected chi connectivity index (χ4v) is 4.67. The zero-order valence-electron chi connectivity index (χ0n) is 19.0. The highest BCUT2D eigenvalue weighted by Crippen LogP contribution is 2.34. The number of fused-ring (bicyclic) bond motifs is 1. The van der Waals surface area contributed by atoms with Crippen molar-refractivity contribution in [2.75, 3.05) is 31.2 Å². The predicted molar refractivity (Wildman–Crippen MR) is 143 cm³/mol. The molecule has 5 rings (SSSR count). The van der Waals surface area contributed by atoms with Crippen molar-refractivity contribution in [3.05, 3.63) is 92.2 Å². The molecule has 1 fully saturated rings. The van der Waals surface area contributed by atoms with Crippen LogP contribution in [0.5, 0.6) is 5.88 Å². The van der Waals surface area contributed by atoms with E-state index in [4.69, 9.17) is 27.9 Å². The van der Waals surface area contributed by atoms with Crippen LogP contribution in [0.25, 0.3) is 16.5 Å². The van der Waals surface area contributed by atoms with E-state index >= 15 is 0 Å². The van der Waals surface area contributed by atoms with E-state index in [-0.39, 0.29) is 11.4 Å². The molecule has 3 aromatic carbocycles. The molecule has 4 aromatic rings. The summed E-state index contributed by atoms with van der Waals surface area (Å²) < 4.78 is 6.80. The number of pyridine rings is 1. The van der Waals surface area contributed by atoms with Crippen LogP contribution in [-0.4, -0.2) is 42.2 Å². The second-order valence-corrected chi connectivity index (χ2v) is 9.14. The number of anilines is 1. The first kappa shape index (κ1) is 23.4. The number of nitrogens with zero attached hydrogens (tertiary/aromatic N) is 3. The van der Waals surface area contributed by atoms with Gasteiger partial charge in [0.25, 0.3) is 5.56 Å². The summed E-state index contributed by atoms with van der Waals surface area (Å²) in [5.41, 5.74) is 2.88. The Morgan fingerprint density at radius 1 is 0.971 bits per heavy atom. The standard InChI is InChI=1S/C27H23Cl2N3O3/c1-17-22(29)7-4-8-23(17)30-16-21-19-5-2-3-6-20(19)26(33)32(27(21)34)25-15-18(28)9-10-24(25)31-11-13-35-14-12-31/h2-10,15-16,34H,11-14H2,1H3. The fraction of sp³-hybridized carbons (Fsp3) is 0.185. The number of benzene rings is 3. The summed E-state index contributed by atoms with van der Waals surface area (Å²) in [5.74, 6) is -0.214. The molecule has 1 aromatic heterocycles. The van der Waals surface area contributed by atoms with Gasteiger partial charge in [0, 0.05) is 40.1 Å². The summed E-state index contributed by atoms with van der Waals surface area (Å²) >= 11 is 12.6. The fourth-order valence-electron chi connectivity index (χ4n) is 4.33. The van der Waals surface area contributed by atoms with Gasteiger partial charge in [-0.1, -0.05) is 47.5 Å². The Kier molecular flexibility index (Phi) is 6.52. The van der Waals surface area contributed by atoms with Crippen LogP contribution >= 0.6 is 23.2 Å². The number of aromatic hydroxyl groups is 1. The highest BCUT2D eigenvalue weighted by Gasteiger charge is 2.22. The Balaban J connectivity index is 1.76. The molecule has 1 N–H and O–H groups in total. The van der Waals surface area contributed by atoms with Crippen LogP contribution in [0.1, 0.15) is 11.1 Å². The quantitative estimate of drug-likeness (QED) is 0.349. The van der Waals surface area contributed by atoms with E-state index in [2.05, 4.69) is 9.89 Å². The molecule has 1 saturated heterocycles. The van der Waals surface area contributed by atoms with Crippen molar-refractivity contribution in [2.45, 2.75) is 6.92 Å². The van der Waals surface area contributed by atoms with Crippen molar-refractivity contribution in [3.8, 4) is 11.6 Å². The molecular weight excluding hydrogens is 485 g/mol. The third-order valence-electron chi connectivity index (χ3n) is 6.21. The highest BCUT2D eigenvalue weighted by atomic mass is 35.5. The molecule has 0 spiro atoms. The minimum atomic E-state index is -0.342. The van der Waals surface area contributed by atoms with Gasteiger partial charge >= 0.3 is 0 Å². The molecule has 8 heteroatoms. The molecule has 0 aliphatic carbocycles. The van der Waals surface area contributed by atoms with Crippen LogP contribution in [0.4, 0.5) is 11.4 Å². The summed E-state index contributed by atoms with van der Waals surface area (Å²) in [6.07, 6.45) is 1.57. The van der Waals surface area contributed by atoms with Gasteiger partial charge in [-0.05, 0) is 48.9 Å². The van der Waals surface area contributed by atoms with E-state index in [0.717, 1.165) is 11.3 Å². The van der Waals surface area contributed by atoms with E-state index in [1.54, 1.807) is 42.6 Å². The molecule has 2 heterocycles. The van der Waals surface area contributed by atoms with Crippen LogP contribution < -0.4 is 10.5 Å². The molecule has 178 valence electrons. The summed E-state index contributed by atoms with van der Waals surface area (Å²) in [7, 11) is 0. The van der Waals surface area contributed by atoms with Gasteiger partial charge in [-0.25, -0.2) is 4.57 Å². The van der Waals surface area contributed by atoms with Crippen LogP contribution in [0, 0.1) is 6.92 Å². The molecule has 1 aliphatic heterocycles. The lowest BCUT2D eigenvalue weighted by Gasteiger charge is -2.31. The number of morpholine rings is 1. The second kappa shape index (κ2) is 9.74. The summed E-state index contributed by atoms with van der Waals surface area (Å²) in [6.45, 7) is 4.38. The number of aliphatic imine (C=N–C) groups is 1. The Morgan fingerprint density at radius 3 is 2.49 bits per heavy atom. The van der Waals surface area contributed by atoms with Crippen molar-refractivity contribution >= 4 is 51.6 Å². The Morgan fingerprint density at radius 2 is 1.71 bits per heavy atom. The van der Waals surface area contributed by atoms with Crippen LogP contribution in [0.15, 0.2) is 70.5 Å². The first-order valence-corrected chi connectivity index (χ1v) is 12.0. The molecule has 0 bridgehead atoms. The molecule has 0 atom stereocenters. The first-order chi connectivity index (χ1) is 17.0. The maximum Gasteiger partial charge on any atom is 0.265 e. The maximum absolute atomic E-state index is 13.7. The molecule has 0 unspecified atom stereocenters. The third-order valence-corrected chi connectivity index (χ3v) is 6.85. The zero-order chi connectivity index (χ0) is 24.5. The molecule has 1 aliphatic rings. The average Bonchev–Trinajstić information content (AvgIpc) is 2.87. The van der Waals surface area contributed by atoms with Crippen molar-refractivity contribution in [1.29, 1.82) is 0 Å². The van der Waals surface area contributed by atoms with Crippen LogP contribution in [0.2, 0.25) is 10.0 Å². The van der Waals surface area contributed by atoms with E-state index in [9.17, 15) is 9.90 Å². The van der Waals surface area contributed by atoms with Crippen LogP contribution in [0.3, 0.4) is 0 Å². The molecule has 35 heavy (non-hydrogen) atoms. The lowest BCUT2D eigenvalue weighted by molar-refractivity contribution is 0.122. The van der Waals surface area contributed by atoms with Gasteiger partial charge in [-0.3, -0.25) is 9.79 Å². The monoisotopic (exact) mass is 507 g/mol. The van der Waals surface area contributed by atoms with Crippen molar-refractivity contribution < 1.29 is 9.84 Å². The minimum absolute atomic E-state index is 0.214. The number of rotatable bonds is 4. The van der Waals surface area contributed by atoms with Crippen molar-refractivity contribution in [2.24, 2.45) is 4.99 Å². The van der Waals surface area contributed by atoms with E-state index < -0.39 is 0 Å². The van der Waals surface area contributed by atoms with Gasteiger partial charge in [-0.2, -0.15) is 0 Å². The summed E-state index contributed by atoms with van der Waals surface area (Å²) in [4.78, 5) is 20.4. The molecule has 0 radical (unpaired) electrons. The second-order valence-electron chi connectivity index (χ2n) is 8.30. The maximum atomic E-state index is 13.7. The Hall–Kier alpha value is -3.32. The van der Waals surface area contributed by atoms with Gasteiger partial charge in [0.2, 0.25) is 5.88 Å². The van der Waals surface area contributed by atoms with Crippen molar-refractivity contribution in [1.82, 2.24) is 4.57 Å². The minimum Gasteiger partial charge on any atom is -0.494 e. The Bertz CT molecular complexity index is 1510. The first-order valence-electron chi connectivity index (χ1n) is 11.2. The van der Waals surface area contributed by atoms with E-state index in [1.807, 2.05) is 31.2 Å². The van der Waals surface area contributed by atoms with Crippen LogP contribution in [-0.2, 0) is 4.74 Å². The number of hydrogen-bond acceptors (Lipinski definition) is 5. The molecule has 0 saturated carbocycles. The SMILES string of the molecule is Cc1c(Cl)cccc1N=Cc1c(O)n(-c2cc(Cl)ccc2N2CCOCC2)c(=O)c2ccccc12. The normalized spacial score (nSPS) is 14.2. The predicted octanol–water partition coefficient (Wildman–Crippen LogP) is 5.90. The summed E-state index contributed by atoms with van der Waals surface area (Å²) in [6, 6.07) is 18.0. The highest BCUT2D eigenvalue weighted by molar-refractivity contribution is 6.31. The summed E-state index contributed by atoms with van der Waals surface area (Å²) in [5, 5.41) is 13.6. The average molecular weight is 508 g/mol. The van der Waals surface area contributed by atoms with Gasteiger partial charge in [0.1, 0.15) is 0 Å². The smallest absolute Gasteiger partial charge is 0.265 e. The van der Waals surface area contributed by atoms with Crippen molar-refractivity contribution in [3.63, 3.8) is 0 Å². The molecular formula is C27H23Cl2N3O3. The zero-order valence-corrected chi connectivity index (χ0v) is 20.6. The lowest BCUT2D eigenvalue weighted by atomic mass is 10.1. The molecule has 0 amide bonds. The largest absolute Gasteiger partial charge is 0.494 e. The number of aromatic nitrogens is 1. The molecule has 6 nitrogen and oxygen atoms in total. The lowest BCUT2D eigenvalue weighted by Crippen LogP contribution is -2.37. The van der Waals surface area contributed by atoms with Gasteiger partial charge < -0.3 is 14.7 Å². The number of halogens is 2. The number of hydrogen-bond donors (Lipinski definition) is 1. The third kappa shape index (κ3) is 4.41. The Labute approximate surface area is 212 Å². The van der Waals surface area contributed by atoms with E-state index in [1.165, 1.54) is 4.57 Å². The van der Waals surface area contributed by atoms with Gasteiger partial charge in [-0.15, -0.1) is 0 Å². The van der Waals surface area contributed by atoms with Gasteiger partial charge in [0.15, 0.2) is 0 Å². The van der Waals surface area contributed by atoms with Gasteiger partial charge in [0.05, 0.1) is 35.8 Å². The number of ether oxygens (including phenoxy) is 1.